The minimum atomic E-state index is -0.120. The summed E-state index contributed by atoms with van der Waals surface area (Å²) in [5, 5.41) is 0. The van der Waals surface area contributed by atoms with Gasteiger partial charge < -0.3 is 10.5 Å². The van der Waals surface area contributed by atoms with Crippen LogP contribution in [0.25, 0.3) is 0 Å². The first-order valence-electron chi connectivity index (χ1n) is 5.34. The third-order valence-electron chi connectivity index (χ3n) is 2.41. The number of unbranched alkanes of at least 4 members (excludes halogenated alkanes) is 2. The minimum Gasteiger partial charge on any atom is -0.465 e. The molecule has 80 valence electrons. The van der Waals surface area contributed by atoms with Crippen molar-refractivity contribution in [2.24, 2.45) is 11.7 Å². The molecule has 0 radical (unpaired) electrons. The van der Waals surface area contributed by atoms with Gasteiger partial charge >= 0.3 is 5.97 Å². The molecule has 0 fully saturated rings. The van der Waals surface area contributed by atoms with Gasteiger partial charge in [0.25, 0.3) is 0 Å². The Balaban J connectivity index is 2.13. The van der Waals surface area contributed by atoms with E-state index < -0.39 is 0 Å². The molecule has 0 aromatic heterocycles. The average molecular weight is 197 g/mol. The highest BCUT2D eigenvalue weighted by molar-refractivity contribution is 5.75. The second-order valence-corrected chi connectivity index (χ2v) is 3.77. The molecule has 0 aromatic rings. The predicted octanol–water partition coefficient (Wildman–Crippen LogP) is 1.62. The van der Waals surface area contributed by atoms with Crippen molar-refractivity contribution in [3.05, 3.63) is 12.2 Å². The Morgan fingerprint density at radius 2 is 2.29 bits per heavy atom. The molecular weight excluding hydrogens is 178 g/mol. The second kappa shape index (κ2) is 5.81. The molecule has 0 heterocycles. The van der Waals surface area contributed by atoms with Crippen LogP contribution in [-0.2, 0) is 9.53 Å². The molecule has 0 bridgehead atoms. The number of carbonyl (C=O) groups is 1. The van der Waals surface area contributed by atoms with Crippen molar-refractivity contribution in [2.45, 2.75) is 38.6 Å². The van der Waals surface area contributed by atoms with Gasteiger partial charge in [0.15, 0.2) is 0 Å². The maximum atomic E-state index is 11.4. The molecule has 0 amide bonds. The lowest BCUT2D eigenvalue weighted by atomic mass is 10.1. The van der Waals surface area contributed by atoms with Crippen LogP contribution in [0, 0.1) is 5.92 Å². The van der Waals surface area contributed by atoms with Crippen molar-refractivity contribution in [2.75, 3.05) is 6.61 Å². The number of esters is 1. The van der Waals surface area contributed by atoms with Crippen molar-refractivity contribution in [3.63, 3.8) is 0 Å². The topological polar surface area (TPSA) is 52.3 Å². The molecule has 0 spiro atoms. The molecule has 2 atom stereocenters. The number of carbonyl (C=O) groups excluding carboxylic acids is 1. The zero-order valence-corrected chi connectivity index (χ0v) is 8.74. The van der Waals surface area contributed by atoms with Gasteiger partial charge in [-0.2, -0.15) is 0 Å². The molecular formula is C11H19NO2. The average Bonchev–Trinajstić information content (AvgIpc) is 2.59. The van der Waals surface area contributed by atoms with Gasteiger partial charge in [-0.3, -0.25) is 4.79 Å². The van der Waals surface area contributed by atoms with Gasteiger partial charge in [-0.15, -0.1) is 0 Å². The highest BCUT2D eigenvalue weighted by Gasteiger charge is 2.23. The SMILES string of the molecule is CCCCCOC(=O)C1C=CC(N)C1. The maximum absolute atomic E-state index is 11.4. The molecule has 0 saturated heterocycles. The zero-order chi connectivity index (χ0) is 10.4. The Kier molecular flexibility index (Phi) is 4.66. The molecule has 1 aliphatic rings. The predicted molar refractivity (Wildman–Crippen MR) is 55.7 cm³/mol. The zero-order valence-electron chi connectivity index (χ0n) is 8.74. The second-order valence-electron chi connectivity index (χ2n) is 3.77. The first-order valence-corrected chi connectivity index (χ1v) is 5.34. The van der Waals surface area contributed by atoms with Crippen LogP contribution >= 0.6 is 0 Å². The van der Waals surface area contributed by atoms with Gasteiger partial charge in [-0.1, -0.05) is 31.9 Å². The highest BCUT2D eigenvalue weighted by Crippen LogP contribution is 2.17. The molecule has 0 saturated carbocycles. The summed E-state index contributed by atoms with van der Waals surface area (Å²) in [7, 11) is 0. The number of hydrogen-bond donors (Lipinski definition) is 1. The largest absolute Gasteiger partial charge is 0.465 e. The van der Waals surface area contributed by atoms with Gasteiger partial charge in [-0.25, -0.2) is 0 Å². The van der Waals surface area contributed by atoms with Crippen LogP contribution in [0.4, 0.5) is 0 Å². The van der Waals surface area contributed by atoms with E-state index in [9.17, 15) is 4.79 Å². The molecule has 0 aromatic carbocycles. The van der Waals surface area contributed by atoms with Gasteiger partial charge in [0.1, 0.15) is 0 Å². The molecule has 3 heteroatoms. The lowest BCUT2D eigenvalue weighted by Gasteiger charge is -2.09. The van der Waals surface area contributed by atoms with Crippen LogP contribution in [0.5, 0.6) is 0 Å². The Morgan fingerprint density at radius 3 is 2.86 bits per heavy atom. The summed E-state index contributed by atoms with van der Waals surface area (Å²) in [6.07, 6.45) is 7.65. The van der Waals surface area contributed by atoms with Crippen LogP contribution < -0.4 is 5.73 Å². The van der Waals surface area contributed by atoms with E-state index in [-0.39, 0.29) is 17.9 Å². The molecule has 3 nitrogen and oxygen atoms in total. The third-order valence-corrected chi connectivity index (χ3v) is 2.41. The summed E-state index contributed by atoms with van der Waals surface area (Å²) in [6, 6.07) is 0.0307. The molecule has 14 heavy (non-hydrogen) atoms. The standard InChI is InChI=1S/C11H19NO2/c1-2-3-4-7-14-11(13)9-5-6-10(12)8-9/h5-6,9-10H,2-4,7-8,12H2,1H3. The van der Waals surface area contributed by atoms with Crippen molar-refractivity contribution >= 4 is 5.97 Å². The van der Waals surface area contributed by atoms with Crippen molar-refractivity contribution in [1.29, 1.82) is 0 Å². The summed E-state index contributed by atoms with van der Waals surface area (Å²) < 4.78 is 5.13. The van der Waals surface area contributed by atoms with Gasteiger partial charge in [0.05, 0.1) is 12.5 Å². The first-order chi connectivity index (χ1) is 6.74. The lowest BCUT2D eigenvalue weighted by molar-refractivity contribution is -0.147. The Labute approximate surface area is 85.3 Å². The van der Waals surface area contributed by atoms with Crippen LogP contribution in [0.15, 0.2) is 12.2 Å². The lowest BCUT2D eigenvalue weighted by Crippen LogP contribution is -2.20. The summed E-state index contributed by atoms with van der Waals surface area (Å²) in [4.78, 5) is 11.4. The third kappa shape index (κ3) is 3.50. The van der Waals surface area contributed by atoms with E-state index in [2.05, 4.69) is 6.92 Å². The molecule has 1 aliphatic carbocycles. The van der Waals surface area contributed by atoms with E-state index in [0.29, 0.717) is 13.0 Å². The monoisotopic (exact) mass is 197 g/mol. The van der Waals surface area contributed by atoms with E-state index in [0.717, 1.165) is 19.3 Å². The van der Waals surface area contributed by atoms with E-state index in [1.165, 1.54) is 0 Å². The highest BCUT2D eigenvalue weighted by atomic mass is 16.5. The molecule has 2 N–H and O–H groups in total. The number of nitrogens with two attached hydrogens (primary N) is 1. The van der Waals surface area contributed by atoms with E-state index in [1.54, 1.807) is 0 Å². The molecule has 2 unspecified atom stereocenters. The van der Waals surface area contributed by atoms with Crippen LogP contribution in [0.1, 0.15) is 32.6 Å². The van der Waals surface area contributed by atoms with Crippen LogP contribution in [-0.4, -0.2) is 18.6 Å². The van der Waals surface area contributed by atoms with E-state index >= 15 is 0 Å². The van der Waals surface area contributed by atoms with Gasteiger partial charge in [0, 0.05) is 6.04 Å². The van der Waals surface area contributed by atoms with E-state index in [1.807, 2.05) is 12.2 Å². The summed E-state index contributed by atoms with van der Waals surface area (Å²) >= 11 is 0. The number of rotatable bonds is 5. The molecule has 0 aliphatic heterocycles. The smallest absolute Gasteiger partial charge is 0.312 e. The number of ether oxygens (including phenoxy) is 1. The van der Waals surface area contributed by atoms with E-state index in [4.69, 9.17) is 10.5 Å². The number of hydrogen-bond acceptors (Lipinski definition) is 3. The Bertz CT molecular complexity index is 213. The quantitative estimate of drug-likeness (QED) is 0.414. The van der Waals surface area contributed by atoms with Crippen molar-refractivity contribution in [3.8, 4) is 0 Å². The summed E-state index contributed by atoms with van der Waals surface area (Å²) in [5.74, 6) is -0.225. The van der Waals surface area contributed by atoms with Gasteiger partial charge in [-0.05, 0) is 12.8 Å². The summed E-state index contributed by atoms with van der Waals surface area (Å²) in [6.45, 7) is 2.67. The Hall–Kier alpha value is -0.830. The Morgan fingerprint density at radius 1 is 1.50 bits per heavy atom. The first kappa shape index (κ1) is 11.2. The minimum absolute atomic E-state index is 0.0307. The fourth-order valence-electron chi connectivity index (χ4n) is 1.53. The van der Waals surface area contributed by atoms with Crippen LogP contribution in [0.3, 0.4) is 0 Å². The normalized spacial score (nSPS) is 25.3. The fourth-order valence-corrected chi connectivity index (χ4v) is 1.53. The molecule has 1 rings (SSSR count). The van der Waals surface area contributed by atoms with Gasteiger partial charge in [0.2, 0.25) is 0 Å². The van der Waals surface area contributed by atoms with Crippen molar-refractivity contribution < 1.29 is 9.53 Å². The van der Waals surface area contributed by atoms with Crippen LogP contribution in [0.2, 0.25) is 0 Å². The van der Waals surface area contributed by atoms with Crippen molar-refractivity contribution in [1.82, 2.24) is 0 Å². The summed E-state index contributed by atoms with van der Waals surface area (Å²) in [5.41, 5.74) is 5.64. The fraction of sp³-hybridized carbons (Fsp3) is 0.727. The maximum Gasteiger partial charge on any atom is 0.312 e.